The molecule has 0 unspecified atom stereocenters. The van der Waals surface area contributed by atoms with Crippen LogP contribution in [0.3, 0.4) is 0 Å². The van der Waals surface area contributed by atoms with E-state index in [0.717, 1.165) is 0 Å². The number of amides is 1. The van der Waals surface area contributed by atoms with Gasteiger partial charge in [-0.15, -0.1) is 0 Å². The fourth-order valence-corrected chi connectivity index (χ4v) is 3.21. The molecule has 0 aliphatic heterocycles. The van der Waals surface area contributed by atoms with E-state index in [-0.39, 0.29) is 10.5 Å². The van der Waals surface area contributed by atoms with E-state index in [0.29, 0.717) is 24.4 Å². The van der Waals surface area contributed by atoms with Gasteiger partial charge in [-0.1, -0.05) is 19.1 Å². The molecule has 0 fully saturated rings. The van der Waals surface area contributed by atoms with Crippen LogP contribution in [0.4, 0.5) is 5.69 Å². The summed E-state index contributed by atoms with van der Waals surface area (Å²) in [5.41, 5.74) is 0.828. The number of carbonyl (C=O) groups excluding carboxylic acids is 1. The summed E-state index contributed by atoms with van der Waals surface area (Å²) >= 11 is 0. The van der Waals surface area contributed by atoms with Gasteiger partial charge in [0.25, 0.3) is 5.91 Å². The molecule has 128 valence electrons. The fraction of sp³-hybridized carbons (Fsp3) is 0.235. The number of benzene rings is 2. The van der Waals surface area contributed by atoms with E-state index in [2.05, 4.69) is 10.0 Å². The van der Waals surface area contributed by atoms with Gasteiger partial charge in [-0.3, -0.25) is 4.79 Å². The average molecular weight is 348 g/mol. The van der Waals surface area contributed by atoms with Gasteiger partial charge < -0.3 is 10.1 Å². The van der Waals surface area contributed by atoms with Crippen molar-refractivity contribution in [1.82, 2.24) is 4.72 Å². The van der Waals surface area contributed by atoms with Gasteiger partial charge in [0, 0.05) is 23.9 Å². The van der Waals surface area contributed by atoms with Crippen molar-refractivity contribution in [2.75, 3.05) is 19.0 Å². The normalized spacial score (nSPS) is 11.1. The smallest absolute Gasteiger partial charge is 0.255 e. The number of nitrogens with one attached hydrogen (secondary N) is 2. The van der Waals surface area contributed by atoms with Crippen LogP contribution in [0.25, 0.3) is 0 Å². The zero-order valence-electron chi connectivity index (χ0n) is 13.6. The first-order valence-electron chi connectivity index (χ1n) is 7.51. The standard InChI is InChI=1S/C17H20N2O4S/c1-3-10-18-24(21,22)16-9-4-6-13(11-16)17(20)19-14-7-5-8-15(12-14)23-2/h4-9,11-12,18H,3,10H2,1-2H3,(H,19,20). The first-order valence-corrected chi connectivity index (χ1v) is 8.99. The SMILES string of the molecule is CCCNS(=O)(=O)c1cccc(C(=O)Nc2cccc(OC)c2)c1. The Morgan fingerprint density at radius 1 is 1.12 bits per heavy atom. The maximum atomic E-state index is 12.3. The number of anilines is 1. The summed E-state index contributed by atoms with van der Waals surface area (Å²) in [6.45, 7) is 2.23. The molecular formula is C17H20N2O4S. The van der Waals surface area contributed by atoms with Crippen LogP contribution in [-0.4, -0.2) is 28.0 Å². The third kappa shape index (κ3) is 4.56. The first-order chi connectivity index (χ1) is 11.5. The summed E-state index contributed by atoms with van der Waals surface area (Å²) in [4.78, 5) is 12.4. The molecule has 7 heteroatoms. The predicted octanol–water partition coefficient (Wildman–Crippen LogP) is 2.64. The highest BCUT2D eigenvalue weighted by atomic mass is 32.2. The van der Waals surface area contributed by atoms with E-state index < -0.39 is 15.9 Å². The van der Waals surface area contributed by atoms with Crippen LogP contribution in [0.5, 0.6) is 5.75 Å². The lowest BCUT2D eigenvalue weighted by Gasteiger charge is -2.09. The van der Waals surface area contributed by atoms with Gasteiger partial charge in [-0.05, 0) is 36.8 Å². The molecule has 0 heterocycles. The van der Waals surface area contributed by atoms with Gasteiger partial charge in [0.15, 0.2) is 0 Å². The first kappa shape index (κ1) is 18.0. The lowest BCUT2D eigenvalue weighted by molar-refractivity contribution is 0.102. The van der Waals surface area contributed by atoms with E-state index in [1.165, 1.54) is 12.1 Å². The minimum absolute atomic E-state index is 0.0641. The van der Waals surface area contributed by atoms with Gasteiger partial charge in [0.1, 0.15) is 5.75 Å². The van der Waals surface area contributed by atoms with Crippen molar-refractivity contribution in [2.24, 2.45) is 0 Å². The Morgan fingerprint density at radius 2 is 1.88 bits per heavy atom. The third-order valence-corrected chi connectivity index (χ3v) is 4.73. The number of hydrogen-bond donors (Lipinski definition) is 2. The van der Waals surface area contributed by atoms with Crippen LogP contribution in [-0.2, 0) is 10.0 Å². The number of ether oxygens (including phenoxy) is 1. The van der Waals surface area contributed by atoms with Crippen molar-refractivity contribution in [3.63, 3.8) is 0 Å². The van der Waals surface area contributed by atoms with Gasteiger partial charge in [-0.25, -0.2) is 13.1 Å². The Balaban J connectivity index is 2.20. The second kappa shape index (κ2) is 7.94. The molecule has 0 radical (unpaired) electrons. The maximum absolute atomic E-state index is 12.3. The molecule has 2 aromatic carbocycles. The topological polar surface area (TPSA) is 84.5 Å². The van der Waals surface area contributed by atoms with E-state index in [4.69, 9.17) is 4.74 Å². The Hall–Kier alpha value is -2.38. The van der Waals surface area contributed by atoms with Crippen LogP contribution in [0.15, 0.2) is 53.4 Å². The van der Waals surface area contributed by atoms with Crippen LogP contribution in [0.1, 0.15) is 23.7 Å². The summed E-state index contributed by atoms with van der Waals surface area (Å²) in [7, 11) is -2.07. The molecule has 0 saturated heterocycles. The van der Waals surface area contributed by atoms with Crippen LogP contribution in [0.2, 0.25) is 0 Å². The fourth-order valence-electron chi connectivity index (χ4n) is 2.03. The van der Waals surface area contributed by atoms with Crippen LogP contribution >= 0.6 is 0 Å². The second-order valence-corrected chi connectivity index (χ2v) is 6.88. The zero-order chi connectivity index (χ0) is 17.6. The zero-order valence-corrected chi connectivity index (χ0v) is 14.4. The van der Waals surface area contributed by atoms with Crippen molar-refractivity contribution >= 4 is 21.6 Å². The molecule has 2 rings (SSSR count). The van der Waals surface area contributed by atoms with Gasteiger partial charge in [0.05, 0.1) is 12.0 Å². The van der Waals surface area contributed by atoms with Crippen LogP contribution < -0.4 is 14.8 Å². The summed E-state index contributed by atoms with van der Waals surface area (Å²) < 4.78 is 31.9. The van der Waals surface area contributed by atoms with Gasteiger partial charge >= 0.3 is 0 Å². The van der Waals surface area contributed by atoms with Crippen LogP contribution in [0, 0.1) is 0 Å². The third-order valence-electron chi connectivity index (χ3n) is 3.28. The van der Waals surface area contributed by atoms with E-state index in [1.807, 2.05) is 6.92 Å². The van der Waals surface area contributed by atoms with E-state index >= 15 is 0 Å². The molecule has 0 saturated carbocycles. The molecule has 0 bridgehead atoms. The summed E-state index contributed by atoms with van der Waals surface area (Å²) in [6.07, 6.45) is 0.690. The highest BCUT2D eigenvalue weighted by Crippen LogP contribution is 2.18. The number of carbonyl (C=O) groups is 1. The molecule has 0 spiro atoms. The molecule has 6 nitrogen and oxygen atoms in total. The molecule has 24 heavy (non-hydrogen) atoms. The van der Waals surface area contributed by atoms with Gasteiger partial charge in [-0.2, -0.15) is 0 Å². The molecule has 0 aliphatic carbocycles. The Morgan fingerprint density at radius 3 is 2.58 bits per heavy atom. The Labute approximate surface area is 141 Å². The molecule has 0 atom stereocenters. The van der Waals surface area contributed by atoms with E-state index in [9.17, 15) is 13.2 Å². The lowest BCUT2D eigenvalue weighted by atomic mass is 10.2. The highest BCUT2D eigenvalue weighted by Gasteiger charge is 2.15. The maximum Gasteiger partial charge on any atom is 0.255 e. The number of sulfonamides is 1. The van der Waals surface area contributed by atoms with Crippen molar-refractivity contribution in [3.8, 4) is 5.75 Å². The molecule has 0 aromatic heterocycles. The Kier molecular flexibility index (Phi) is 5.94. The number of methoxy groups -OCH3 is 1. The predicted molar refractivity (Wildman–Crippen MR) is 92.9 cm³/mol. The summed E-state index contributed by atoms with van der Waals surface area (Å²) in [5, 5.41) is 2.72. The molecular weight excluding hydrogens is 328 g/mol. The quantitative estimate of drug-likeness (QED) is 0.805. The Bertz CT molecular complexity index is 819. The number of rotatable bonds is 7. The minimum Gasteiger partial charge on any atom is -0.497 e. The average Bonchev–Trinajstić information content (AvgIpc) is 2.60. The lowest BCUT2D eigenvalue weighted by Crippen LogP contribution is -2.24. The van der Waals surface area contributed by atoms with E-state index in [1.54, 1.807) is 43.5 Å². The van der Waals surface area contributed by atoms with Gasteiger partial charge in [0.2, 0.25) is 10.0 Å². The molecule has 0 aliphatic rings. The molecule has 1 amide bonds. The minimum atomic E-state index is -3.61. The van der Waals surface area contributed by atoms with Crippen molar-refractivity contribution in [3.05, 3.63) is 54.1 Å². The number of hydrogen-bond acceptors (Lipinski definition) is 4. The van der Waals surface area contributed by atoms with Crippen molar-refractivity contribution < 1.29 is 17.9 Å². The molecule has 2 aromatic rings. The monoisotopic (exact) mass is 348 g/mol. The van der Waals surface area contributed by atoms with Crippen molar-refractivity contribution in [2.45, 2.75) is 18.2 Å². The highest BCUT2D eigenvalue weighted by molar-refractivity contribution is 7.89. The van der Waals surface area contributed by atoms with Crippen molar-refractivity contribution in [1.29, 1.82) is 0 Å². The molecule has 2 N–H and O–H groups in total. The summed E-state index contributed by atoms with van der Waals surface area (Å²) in [6, 6.07) is 12.8. The second-order valence-electron chi connectivity index (χ2n) is 5.11. The largest absolute Gasteiger partial charge is 0.497 e. The summed E-state index contributed by atoms with van der Waals surface area (Å²) in [5.74, 6) is 0.226.